The Labute approximate surface area is 204 Å². The fourth-order valence-electron chi connectivity index (χ4n) is 3.06. The summed E-state index contributed by atoms with van der Waals surface area (Å²) >= 11 is 10.1. The van der Waals surface area contributed by atoms with Gasteiger partial charge in [0.15, 0.2) is 4.77 Å². The number of H-pyrrole nitrogens is 2. The third kappa shape index (κ3) is 16.9. The van der Waals surface area contributed by atoms with Crippen molar-refractivity contribution in [2.24, 2.45) is 0 Å². The van der Waals surface area contributed by atoms with E-state index in [1.807, 2.05) is 0 Å². The van der Waals surface area contributed by atoms with Crippen LogP contribution in [0.1, 0.15) is 96.8 Å². The van der Waals surface area contributed by atoms with E-state index < -0.39 is 0 Å². The van der Waals surface area contributed by atoms with Crippen LogP contribution in [0.5, 0.6) is 0 Å². The molecule has 0 unspecified atom stereocenters. The Hall–Kier alpha value is -0.0100. The zero-order valence-corrected chi connectivity index (χ0v) is 21.7. The van der Waals surface area contributed by atoms with Gasteiger partial charge in [0.25, 0.3) is 0 Å². The average molecular weight is 434 g/mol. The number of rotatable bonds is 17. The molecule has 0 fully saturated rings. The van der Waals surface area contributed by atoms with Crippen molar-refractivity contribution < 1.29 is 0 Å². The molecule has 0 amide bonds. The van der Waals surface area contributed by atoms with E-state index in [0.29, 0.717) is 15.5 Å². The molecule has 1 heterocycles. The van der Waals surface area contributed by atoms with E-state index >= 15 is 0 Å². The molecule has 1 aromatic heterocycles. The molecular weight excluding hydrogens is 395 g/mol. The molecule has 0 spiro atoms. The molecular formula is C21H38N4NaS2. The monoisotopic (exact) mass is 433 g/mol. The number of nitrogens with one attached hydrogen (secondary N) is 3. The van der Waals surface area contributed by atoms with Gasteiger partial charge in [0, 0.05) is 36.1 Å². The van der Waals surface area contributed by atoms with Gasteiger partial charge in [0.1, 0.15) is 0 Å². The molecule has 0 aliphatic rings. The number of hydrogen-bond donors (Lipinski definition) is 3. The molecule has 0 saturated carbocycles. The van der Waals surface area contributed by atoms with Crippen molar-refractivity contribution in [2.75, 3.05) is 11.9 Å². The van der Waals surface area contributed by atoms with Crippen LogP contribution in [0.25, 0.3) is 0 Å². The zero-order valence-electron chi connectivity index (χ0n) is 18.0. The number of nitrogens with zero attached hydrogens (tertiary/aromatic N) is 1. The van der Waals surface area contributed by atoms with Gasteiger partial charge in [-0.05, 0) is 56.5 Å². The molecule has 1 radical (unpaired) electrons. The summed E-state index contributed by atoms with van der Waals surface area (Å²) in [5, 5.41) is 3.25. The second kappa shape index (κ2) is 20.3. The van der Waals surface area contributed by atoms with E-state index in [1.54, 1.807) is 0 Å². The summed E-state index contributed by atoms with van der Waals surface area (Å²) in [5.41, 5.74) is 0. The van der Waals surface area contributed by atoms with Gasteiger partial charge in [-0.15, -0.1) is 0 Å². The fourth-order valence-corrected chi connectivity index (χ4v) is 3.51. The maximum absolute atomic E-state index is 5.04. The van der Waals surface area contributed by atoms with Crippen molar-refractivity contribution in [2.45, 2.75) is 96.8 Å². The number of anilines is 1. The molecule has 0 aliphatic carbocycles. The first-order valence-corrected chi connectivity index (χ1v) is 11.6. The minimum Gasteiger partial charge on any atom is -0.356 e. The summed E-state index contributed by atoms with van der Waals surface area (Å²) in [7, 11) is 0. The summed E-state index contributed by atoms with van der Waals surface area (Å²) in [6.07, 6.45) is 23.3. The van der Waals surface area contributed by atoms with E-state index in [1.165, 1.54) is 83.5 Å². The predicted molar refractivity (Wildman–Crippen MR) is 128 cm³/mol. The number of aromatic amines is 2. The maximum atomic E-state index is 5.04. The molecule has 28 heavy (non-hydrogen) atoms. The Bertz CT molecular complexity index is 585. The molecule has 0 atom stereocenters. The van der Waals surface area contributed by atoms with Crippen molar-refractivity contribution in [3.05, 3.63) is 21.7 Å². The van der Waals surface area contributed by atoms with Crippen LogP contribution in [0.4, 0.5) is 5.95 Å². The summed E-state index contributed by atoms with van der Waals surface area (Å²) in [6.45, 7) is 3.18. The summed E-state index contributed by atoms with van der Waals surface area (Å²) < 4.78 is 0.931. The summed E-state index contributed by atoms with van der Waals surface area (Å²) in [5.74, 6) is 0.663. The minimum absolute atomic E-state index is 0. The first-order valence-electron chi connectivity index (χ1n) is 10.8. The van der Waals surface area contributed by atoms with Gasteiger partial charge in [-0.1, -0.05) is 76.9 Å². The quantitative estimate of drug-likeness (QED) is 0.105. The van der Waals surface area contributed by atoms with Gasteiger partial charge in [0.2, 0.25) is 10.7 Å². The Morgan fingerprint density at radius 1 is 0.786 bits per heavy atom. The van der Waals surface area contributed by atoms with Crippen LogP contribution in [0.2, 0.25) is 0 Å². The smallest absolute Gasteiger partial charge is 0.205 e. The van der Waals surface area contributed by atoms with Crippen molar-refractivity contribution in [1.82, 2.24) is 15.0 Å². The van der Waals surface area contributed by atoms with Crippen molar-refractivity contribution in [3.8, 4) is 0 Å². The van der Waals surface area contributed by atoms with Crippen molar-refractivity contribution >= 4 is 59.9 Å². The van der Waals surface area contributed by atoms with Gasteiger partial charge in [-0.2, -0.15) is 4.98 Å². The molecule has 1 rings (SSSR count). The van der Waals surface area contributed by atoms with Crippen LogP contribution >= 0.6 is 24.4 Å². The summed E-state index contributed by atoms with van der Waals surface area (Å²) in [6, 6.07) is 0. The van der Waals surface area contributed by atoms with E-state index in [4.69, 9.17) is 24.4 Å². The van der Waals surface area contributed by atoms with E-state index in [-0.39, 0.29) is 29.6 Å². The Morgan fingerprint density at radius 2 is 1.32 bits per heavy atom. The Kier molecular flexibility index (Phi) is 20.3. The first-order chi connectivity index (χ1) is 13.2. The molecule has 3 N–H and O–H groups in total. The Balaban J connectivity index is 0.00000729. The van der Waals surface area contributed by atoms with Gasteiger partial charge < -0.3 is 15.3 Å². The topological polar surface area (TPSA) is 56.5 Å². The van der Waals surface area contributed by atoms with Gasteiger partial charge in [-0.3, -0.25) is 0 Å². The maximum Gasteiger partial charge on any atom is 0.205 e. The molecule has 0 saturated heterocycles. The second-order valence-electron chi connectivity index (χ2n) is 7.21. The van der Waals surface area contributed by atoms with Crippen LogP contribution in [0, 0.1) is 9.54 Å². The molecule has 0 aromatic carbocycles. The number of aromatic nitrogens is 3. The largest absolute Gasteiger partial charge is 0.356 e. The molecule has 0 aliphatic heterocycles. The van der Waals surface area contributed by atoms with Crippen LogP contribution in [-0.4, -0.2) is 51.1 Å². The minimum atomic E-state index is 0. The molecule has 155 valence electrons. The van der Waals surface area contributed by atoms with Crippen LogP contribution in [0.3, 0.4) is 0 Å². The molecule has 7 heteroatoms. The fraction of sp³-hybridized carbons (Fsp3) is 0.762. The van der Waals surface area contributed by atoms with Crippen LogP contribution in [-0.2, 0) is 0 Å². The normalized spacial score (nSPS) is 10.9. The molecule has 4 nitrogen and oxygen atoms in total. The second-order valence-corrected chi connectivity index (χ2v) is 8.00. The van der Waals surface area contributed by atoms with Gasteiger partial charge in [-0.25, -0.2) is 0 Å². The van der Waals surface area contributed by atoms with Crippen LogP contribution in [0.15, 0.2) is 12.2 Å². The van der Waals surface area contributed by atoms with Gasteiger partial charge >= 0.3 is 0 Å². The third-order valence-corrected chi connectivity index (χ3v) is 5.04. The zero-order chi connectivity index (χ0) is 19.6. The number of hydrogen-bond acceptors (Lipinski definition) is 4. The first kappa shape index (κ1) is 28.0. The third-order valence-electron chi connectivity index (χ3n) is 4.65. The van der Waals surface area contributed by atoms with Crippen LogP contribution < -0.4 is 5.32 Å². The molecule has 1 aromatic rings. The number of unbranched alkanes of at least 4 members (excludes halogenated alkanes) is 12. The van der Waals surface area contributed by atoms with Crippen molar-refractivity contribution in [1.29, 1.82) is 0 Å². The van der Waals surface area contributed by atoms with Gasteiger partial charge in [0.05, 0.1) is 0 Å². The number of allylic oxidation sites excluding steroid dienone is 2. The van der Waals surface area contributed by atoms with E-state index in [0.717, 1.165) is 13.0 Å². The molecule has 0 bridgehead atoms. The standard InChI is InChI=1S/C21H38N4S2.Na/c1-2-3-4-5-6-7-8-9-10-11-12-13-14-15-16-17-18-22-19-23-20(26)25-21(27)24-19;/h9-10H,2-8,11-18H2,1H3,(H3,22,23,24,25,26,27);. The predicted octanol–water partition coefficient (Wildman–Crippen LogP) is 7.27. The SMILES string of the molecule is CCCCCCCCC=CCCCCCCCCNc1nc(=S)[nH]c(=S)[nH]1.[Na]. The van der Waals surface area contributed by atoms with Crippen molar-refractivity contribution in [3.63, 3.8) is 0 Å². The Morgan fingerprint density at radius 3 is 1.89 bits per heavy atom. The van der Waals surface area contributed by atoms with E-state index in [9.17, 15) is 0 Å². The van der Waals surface area contributed by atoms with E-state index in [2.05, 4.69) is 39.3 Å². The average Bonchev–Trinajstić information content (AvgIpc) is 2.63. The summed E-state index contributed by atoms with van der Waals surface area (Å²) in [4.78, 5) is 9.92.